The fourth-order valence-corrected chi connectivity index (χ4v) is 5.48. The molecule has 0 radical (unpaired) electrons. The summed E-state index contributed by atoms with van der Waals surface area (Å²) in [6, 6.07) is 0.767. The van der Waals surface area contributed by atoms with E-state index in [-0.39, 0.29) is 38.0 Å². The van der Waals surface area contributed by atoms with Crippen LogP contribution < -0.4 is 32.3 Å². The van der Waals surface area contributed by atoms with Gasteiger partial charge in [0.2, 0.25) is 29.5 Å². The maximum Gasteiger partial charge on any atom is 0.243 e. The summed E-state index contributed by atoms with van der Waals surface area (Å²) in [5.41, 5.74) is 6.10. The molecule has 0 aliphatic rings. The SMILES string of the molecule is CSCC[C@H](NC(=O)[C@H](CCSC)NC(=O)[C@H](CCSC)NC(=O)[C@H](Cc1ccc(O)cc1)NC(=O)CN)C(=O)N[C@H](C=O)CO. The van der Waals surface area contributed by atoms with Gasteiger partial charge in [-0.3, -0.25) is 24.0 Å². The number of aromatic hydroxyl groups is 1. The number of phenolic OH excluding ortho intramolecular Hbond substituents is 1. The van der Waals surface area contributed by atoms with E-state index in [2.05, 4.69) is 26.6 Å². The van der Waals surface area contributed by atoms with Crippen molar-refractivity contribution < 1.29 is 39.0 Å². The van der Waals surface area contributed by atoms with E-state index in [0.29, 0.717) is 29.1 Å². The number of carbonyl (C=O) groups excluding carboxylic acids is 6. The quantitative estimate of drug-likeness (QED) is 0.0627. The molecule has 1 rings (SSSR count). The maximum absolute atomic E-state index is 13.6. The molecule has 1 aromatic rings. The fraction of sp³-hybridized carbons (Fsp3) is 0.586. The highest BCUT2D eigenvalue weighted by molar-refractivity contribution is 7.98. The molecular weight excluding hydrogens is 657 g/mol. The van der Waals surface area contributed by atoms with Crippen LogP contribution in [0.4, 0.5) is 0 Å². The van der Waals surface area contributed by atoms with Gasteiger partial charge in [-0.2, -0.15) is 35.3 Å². The Morgan fingerprint density at radius 3 is 1.50 bits per heavy atom. The molecule has 0 fully saturated rings. The molecule has 0 aliphatic heterocycles. The summed E-state index contributed by atoms with van der Waals surface area (Å²) < 4.78 is 0. The van der Waals surface area contributed by atoms with E-state index in [4.69, 9.17) is 5.73 Å². The van der Waals surface area contributed by atoms with E-state index in [1.165, 1.54) is 47.4 Å². The fourth-order valence-electron chi connectivity index (χ4n) is 4.07. The minimum Gasteiger partial charge on any atom is -0.508 e. The zero-order valence-corrected chi connectivity index (χ0v) is 28.7. The lowest BCUT2D eigenvalue weighted by Gasteiger charge is -2.27. The molecule has 0 aliphatic carbocycles. The highest BCUT2D eigenvalue weighted by atomic mass is 32.2. The predicted octanol–water partition coefficient (Wildman–Crippen LogP) is -1.23. The molecule has 0 heterocycles. The molecule has 17 heteroatoms. The average Bonchev–Trinajstić information content (AvgIpc) is 3.05. The predicted molar refractivity (Wildman–Crippen MR) is 183 cm³/mol. The molecule has 0 saturated heterocycles. The number of nitrogens with one attached hydrogen (secondary N) is 5. The standard InChI is InChI=1S/C29H46N6O8S3/c1-44-11-8-21(26(40)31-19(16-36)17-37)33-27(41)22(9-12-45-2)34-28(42)23(10-13-46-3)35-29(43)24(32-25(39)15-30)14-18-4-6-20(38)7-5-18/h4-7,16,19,21-24,37-38H,8-15,17,30H2,1-3H3,(H,31,40)(H,32,39)(H,33,41)(H,34,42)(H,35,43)/t19-,21+,22+,23+,24+/m1/s1. The second-order valence-corrected chi connectivity index (χ2v) is 13.1. The third-order valence-electron chi connectivity index (χ3n) is 6.63. The number of phenols is 1. The summed E-state index contributed by atoms with van der Waals surface area (Å²) >= 11 is 4.36. The van der Waals surface area contributed by atoms with Crippen LogP contribution in [0.1, 0.15) is 24.8 Å². The van der Waals surface area contributed by atoms with Crippen LogP contribution in [0.2, 0.25) is 0 Å². The Morgan fingerprint density at radius 1 is 0.717 bits per heavy atom. The van der Waals surface area contributed by atoms with Crippen molar-refractivity contribution in [2.45, 2.75) is 55.9 Å². The Balaban J connectivity index is 3.17. The number of rotatable bonds is 23. The van der Waals surface area contributed by atoms with E-state index in [1.807, 2.05) is 18.8 Å². The lowest BCUT2D eigenvalue weighted by Crippen LogP contribution is -2.59. The van der Waals surface area contributed by atoms with Crippen molar-refractivity contribution in [3.05, 3.63) is 29.8 Å². The molecule has 9 N–H and O–H groups in total. The first kappa shape index (κ1) is 41.0. The monoisotopic (exact) mass is 702 g/mol. The second-order valence-electron chi connectivity index (χ2n) is 10.2. The van der Waals surface area contributed by atoms with Gasteiger partial charge in [0.25, 0.3) is 0 Å². The lowest BCUT2D eigenvalue weighted by atomic mass is 10.0. The van der Waals surface area contributed by atoms with Gasteiger partial charge < -0.3 is 47.3 Å². The van der Waals surface area contributed by atoms with Crippen LogP contribution in [0, 0.1) is 0 Å². The number of aliphatic hydroxyl groups is 1. The number of hydrogen-bond acceptors (Lipinski definition) is 12. The van der Waals surface area contributed by atoms with Gasteiger partial charge in [-0.1, -0.05) is 12.1 Å². The summed E-state index contributed by atoms with van der Waals surface area (Å²) in [6.07, 6.45) is 6.66. The topological polar surface area (TPSA) is 229 Å². The minimum absolute atomic E-state index is 0.0381. The molecular formula is C29H46N6O8S3. The molecule has 0 spiro atoms. The Hall–Kier alpha value is -2.99. The van der Waals surface area contributed by atoms with Crippen LogP contribution in [0.15, 0.2) is 24.3 Å². The first-order valence-electron chi connectivity index (χ1n) is 14.5. The minimum atomic E-state index is -1.12. The van der Waals surface area contributed by atoms with Crippen LogP contribution in [0.5, 0.6) is 5.75 Å². The van der Waals surface area contributed by atoms with Crippen molar-refractivity contribution in [2.24, 2.45) is 5.73 Å². The lowest BCUT2D eigenvalue weighted by molar-refractivity contribution is -0.134. The summed E-state index contributed by atoms with van der Waals surface area (Å²) in [4.78, 5) is 76.5. The Labute approximate surface area is 282 Å². The molecule has 0 aromatic heterocycles. The smallest absolute Gasteiger partial charge is 0.243 e. The van der Waals surface area contributed by atoms with E-state index in [9.17, 15) is 39.0 Å². The second kappa shape index (κ2) is 23.3. The van der Waals surface area contributed by atoms with Gasteiger partial charge in [-0.25, -0.2) is 0 Å². The molecule has 5 atom stereocenters. The molecule has 0 saturated carbocycles. The van der Waals surface area contributed by atoms with Gasteiger partial charge in [-0.05, 0) is 73.0 Å². The van der Waals surface area contributed by atoms with Crippen molar-refractivity contribution in [2.75, 3.05) is 49.2 Å². The van der Waals surface area contributed by atoms with Crippen LogP contribution in [0.25, 0.3) is 0 Å². The van der Waals surface area contributed by atoms with Crippen molar-refractivity contribution in [3.8, 4) is 5.75 Å². The molecule has 5 amide bonds. The highest BCUT2D eigenvalue weighted by Gasteiger charge is 2.31. The first-order chi connectivity index (χ1) is 22.0. The number of nitrogens with two attached hydrogens (primary N) is 1. The number of aldehydes is 1. The molecule has 0 unspecified atom stereocenters. The number of carbonyl (C=O) groups is 6. The number of aliphatic hydroxyl groups excluding tert-OH is 1. The van der Waals surface area contributed by atoms with E-state index >= 15 is 0 Å². The summed E-state index contributed by atoms with van der Waals surface area (Å²) in [6.45, 7) is -0.951. The van der Waals surface area contributed by atoms with Crippen molar-refractivity contribution >= 4 is 71.1 Å². The third kappa shape index (κ3) is 15.5. The van der Waals surface area contributed by atoms with Gasteiger partial charge in [0.15, 0.2) is 0 Å². The average molecular weight is 703 g/mol. The van der Waals surface area contributed by atoms with Crippen molar-refractivity contribution in [1.29, 1.82) is 0 Å². The Morgan fingerprint density at radius 2 is 1.13 bits per heavy atom. The van der Waals surface area contributed by atoms with Crippen LogP contribution >= 0.6 is 35.3 Å². The van der Waals surface area contributed by atoms with Gasteiger partial charge in [0, 0.05) is 6.42 Å². The van der Waals surface area contributed by atoms with E-state index in [0.717, 1.165) is 0 Å². The Bertz CT molecular complexity index is 1130. The highest BCUT2D eigenvalue weighted by Crippen LogP contribution is 2.12. The summed E-state index contributed by atoms with van der Waals surface area (Å²) in [7, 11) is 0. The molecule has 0 bridgehead atoms. The largest absolute Gasteiger partial charge is 0.508 e. The molecule has 14 nitrogen and oxygen atoms in total. The van der Waals surface area contributed by atoms with Gasteiger partial charge in [0.1, 0.15) is 42.2 Å². The molecule has 46 heavy (non-hydrogen) atoms. The normalized spacial score (nSPS) is 14.1. The maximum atomic E-state index is 13.6. The van der Waals surface area contributed by atoms with Gasteiger partial charge in [0.05, 0.1) is 13.2 Å². The van der Waals surface area contributed by atoms with Crippen molar-refractivity contribution in [1.82, 2.24) is 26.6 Å². The van der Waals surface area contributed by atoms with Crippen LogP contribution in [-0.2, 0) is 35.2 Å². The van der Waals surface area contributed by atoms with Gasteiger partial charge in [-0.15, -0.1) is 0 Å². The third-order valence-corrected chi connectivity index (χ3v) is 8.56. The number of hydrogen-bond donors (Lipinski definition) is 8. The molecule has 258 valence electrons. The molecule has 1 aromatic carbocycles. The summed E-state index contributed by atoms with van der Waals surface area (Å²) in [5, 5.41) is 31.9. The Kier molecular flexibility index (Phi) is 20.8. The number of benzene rings is 1. The zero-order valence-electron chi connectivity index (χ0n) is 26.3. The number of thioether (sulfide) groups is 3. The zero-order chi connectivity index (χ0) is 34.5. The number of amides is 5. The van der Waals surface area contributed by atoms with Crippen LogP contribution in [0.3, 0.4) is 0 Å². The van der Waals surface area contributed by atoms with Crippen molar-refractivity contribution in [3.63, 3.8) is 0 Å². The van der Waals surface area contributed by atoms with Gasteiger partial charge >= 0.3 is 0 Å². The van der Waals surface area contributed by atoms with E-state index in [1.54, 1.807) is 12.1 Å². The van der Waals surface area contributed by atoms with E-state index < -0.39 is 66.4 Å². The summed E-state index contributed by atoms with van der Waals surface area (Å²) in [5.74, 6) is -1.55. The van der Waals surface area contributed by atoms with Crippen LogP contribution in [-0.4, -0.2) is 125 Å². The first-order valence-corrected chi connectivity index (χ1v) is 18.7.